The average molecular weight is 900 g/mol. The second-order valence-corrected chi connectivity index (χ2v) is 17.0. The Hall–Kier alpha value is -1.91. The third-order valence-corrected chi connectivity index (χ3v) is 10.6. The van der Waals surface area contributed by atoms with Gasteiger partial charge in [-0.25, -0.2) is 9.59 Å². The van der Waals surface area contributed by atoms with E-state index in [1.54, 1.807) is 30.3 Å². The molecule has 57 heavy (non-hydrogen) atoms. The molecule has 12 N–H and O–H groups in total. The molecule has 21 nitrogen and oxygen atoms in total. The molecule has 2 amide bonds. The first-order chi connectivity index (χ1) is 26.7. The van der Waals surface area contributed by atoms with Gasteiger partial charge >= 0.3 is 12.1 Å². The standard InChI is InChI=1S/C32H45Cl3N2O19S/c1-12(41)36-18-14(42)7-31(29(48)49,55-25(18)20(44)15(43)8-38)56-26-21(45)16(9-39)52-27(23(26)47)54-24-17(10-40)53-28(57-13-5-3-2-4-6-13)19(22(24)46)37-30(50)51-11-32(33,34)35/h2-6,14-28,38-40,42-47H,7-11H2,1H3,(H,36,41)(H,37,50)(H,48,49)/t14-,15+,16+,17+,18+,19+,20-,21-,22+,23+,24+,25-,26-,27-,28-,31-/m0/s1. The van der Waals surface area contributed by atoms with Crippen LogP contribution in [-0.4, -0.2) is 196 Å². The van der Waals surface area contributed by atoms with Crippen molar-refractivity contribution in [3.05, 3.63) is 30.3 Å². The number of nitrogens with one attached hydrogen (secondary N) is 2. The summed E-state index contributed by atoms with van der Waals surface area (Å²) in [6.07, 6.45) is -25.4. The highest BCUT2D eigenvalue weighted by Gasteiger charge is 2.60. The minimum absolute atomic E-state index is 0.601. The Labute approximate surface area is 343 Å². The van der Waals surface area contributed by atoms with Crippen LogP contribution in [0.2, 0.25) is 0 Å². The van der Waals surface area contributed by atoms with Crippen molar-refractivity contribution in [1.29, 1.82) is 0 Å². The molecular formula is C32H45Cl3N2O19S. The van der Waals surface area contributed by atoms with Crippen molar-refractivity contribution in [1.82, 2.24) is 10.6 Å². The summed E-state index contributed by atoms with van der Waals surface area (Å²) >= 11 is 18.1. The maximum absolute atomic E-state index is 12.8. The predicted molar refractivity (Wildman–Crippen MR) is 193 cm³/mol. The summed E-state index contributed by atoms with van der Waals surface area (Å²) in [5.74, 6) is -5.83. The quantitative estimate of drug-likeness (QED) is 0.0767. The van der Waals surface area contributed by atoms with E-state index in [4.69, 9.17) is 63.2 Å². The molecule has 4 rings (SSSR count). The summed E-state index contributed by atoms with van der Waals surface area (Å²) < 4.78 is 31.8. The first-order valence-electron chi connectivity index (χ1n) is 17.2. The molecule has 3 saturated heterocycles. The van der Waals surface area contributed by atoms with Crippen molar-refractivity contribution >= 4 is 64.5 Å². The third-order valence-electron chi connectivity index (χ3n) is 9.13. The lowest BCUT2D eigenvalue weighted by Crippen LogP contribution is -2.71. The molecule has 0 aromatic heterocycles. The highest BCUT2D eigenvalue weighted by Crippen LogP contribution is 2.40. The number of amides is 2. The van der Waals surface area contributed by atoms with Crippen LogP contribution in [0.1, 0.15) is 13.3 Å². The number of ether oxygens (including phenoxy) is 6. The Bertz CT molecular complexity index is 1490. The third kappa shape index (κ3) is 11.9. The molecule has 3 aliphatic heterocycles. The van der Waals surface area contributed by atoms with Gasteiger partial charge in [-0.15, -0.1) is 0 Å². The molecule has 25 heteroatoms. The highest BCUT2D eigenvalue weighted by atomic mass is 35.6. The number of carbonyl (C=O) groups is 3. The molecule has 3 fully saturated rings. The van der Waals surface area contributed by atoms with Crippen LogP contribution in [0.5, 0.6) is 0 Å². The summed E-state index contributed by atoms with van der Waals surface area (Å²) in [4.78, 5) is 38.2. The SMILES string of the molecule is CC(=O)N[C@H]1[C@@H]([C@@H](O)[C@H](O)CO)O[C@@](O[C@H]2[C@@H](O)[C@@H](CO)O[C@@H](O[C@H]3[C@H](O)[C@@H](NC(=O)OCC(Cl)(Cl)Cl)[C@H](Sc4ccccc4)O[C@@H]3CO)[C@@H]2O)(C(=O)O)C[C@@H]1O. The molecule has 1 aromatic rings. The van der Waals surface area contributed by atoms with Crippen LogP contribution in [0.25, 0.3) is 0 Å². The molecule has 324 valence electrons. The van der Waals surface area contributed by atoms with Gasteiger partial charge in [-0.05, 0) is 12.1 Å². The van der Waals surface area contributed by atoms with E-state index in [1.807, 2.05) is 0 Å². The van der Waals surface area contributed by atoms with Crippen LogP contribution in [0.4, 0.5) is 4.79 Å². The number of thioether (sulfide) groups is 1. The van der Waals surface area contributed by atoms with E-state index in [-0.39, 0.29) is 0 Å². The van der Waals surface area contributed by atoms with Crippen LogP contribution in [0.15, 0.2) is 35.2 Å². The monoisotopic (exact) mass is 898 g/mol. The van der Waals surface area contributed by atoms with Gasteiger partial charge in [0.05, 0.1) is 38.0 Å². The zero-order valence-electron chi connectivity index (χ0n) is 29.8. The van der Waals surface area contributed by atoms with Gasteiger partial charge in [0.2, 0.25) is 9.70 Å². The minimum Gasteiger partial charge on any atom is -0.477 e. The van der Waals surface area contributed by atoms with Gasteiger partial charge in [0.25, 0.3) is 5.79 Å². The Balaban J connectivity index is 1.64. The van der Waals surface area contributed by atoms with E-state index in [0.29, 0.717) is 4.90 Å². The number of benzene rings is 1. The van der Waals surface area contributed by atoms with Gasteiger partial charge in [-0.2, -0.15) is 0 Å². The Morgan fingerprint density at radius 1 is 0.930 bits per heavy atom. The number of alkyl carbamates (subject to hydrolysis) is 1. The molecule has 0 bridgehead atoms. The summed E-state index contributed by atoms with van der Waals surface area (Å²) in [5.41, 5.74) is -1.15. The van der Waals surface area contributed by atoms with E-state index in [2.05, 4.69) is 10.6 Å². The zero-order valence-corrected chi connectivity index (χ0v) is 32.9. The number of alkyl halides is 3. The minimum atomic E-state index is -3.07. The predicted octanol–water partition coefficient (Wildman–Crippen LogP) is -3.32. The number of aliphatic hydroxyl groups is 9. The van der Waals surface area contributed by atoms with E-state index in [9.17, 15) is 65.4 Å². The number of aliphatic hydroxyl groups excluding tert-OH is 9. The maximum Gasteiger partial charge on any atom is 0.407 e. The zero-order chi connectivity index (χ0) is 42.4. The summed E-state index contributed by atoms with van der Waals surface area (Å²) in [7, 11) is 0. The van der Waals surface area contributed by atoms with Crippen molar-refractivity contribution in [2.24, 2.45) is 0 Å². The van der Waals surface area contributed by atoms with Crippen molar-refractivity contribution in [2.45, 2.75) is 119 Å². The second kappa shape index (κ2) is 20.6. The number of carboxylic acids is 1. The number of hydrogen-bond acceptors (Lipinski definition) is 19. The Morgan fingerprint density at radius 2 is 1.58 bits per heavy atom. The van der Waals surface area contributed by atoms with Crippen LogP contribution in [0.3, 0.4) is 0 Å². The fraction of sp³-hybridized carbons (Fsp3) is 0.719. The van der Waals surface area contributed by atoms with Crippen molar-refractivity contribution in [3.8, 4) is 0 Å². The number of carbonyl (C=O) groups excluding carboxylic acids is 2. The normalized spacial score (nSPS) is 37.1. The average Bonchev–Trinajstić information content (AvgIpc) is 3.16. The maximum atomic E-state index is 12.8. The number of hydrogen-bond donors (Lipinski definition) is 12. The topological polar surface area (TPSA) is 333 Å². The summed E-state index contributed by atoms with van der Waals surface area (Å²) in [6.45, 7) is -2.57. The smallest absolute Gasteiger partial charge is 0.407 e. The van der Waals surface area contributed by atoms with Crippen LogP contribution >= 0.6 is 46.6 Å². The number of halogens is 3. The van der Waals surface area contributed by atoms with Crippen molar-refractivity contribution in [3.63, 3.8) is 0 Å². The van der Waals surface area contributed by atoms with E-state index < -0.39 is 151 Å². The van der Waals surface area contributed by atoms with Gasteiger partial charge in [0, 0.05) is 18.2 Å². The van der Waals surface area contributed by atoms with Crippen LogP contribution in [0, 0.1) is 0 Å². The van der Waals surface area contributed by atoms with E-state index in [0.717, 1.165) is 18.7 Å². The van der Waals surface area contributed by atoms with Gasteiger partial charge in [0.15, 0.2) is 6.29 Å². The van der Waals surface area contributed by atoms with Crippen molar-refractivity contribution in [2.75, 3.05) is 26.4 Å². The second-order valence-electron chi connectivity index (χ2n) is 13.3. The molecule has 0 spiro atoms. The molecule has 0 saturated carbocycles. The first-order valence-corrected chi connectivity index (χ1v) is 19.2. The fourth-order valence-electron chi connectivity index (χ4n) is 6.38. The largest absolute Gasteiger partial charge is 0.477 e. The molecule has 0 unspecified atom stereocenters. The van der Waals surface area contributed by atoms with E-state index in [1.165, 1.54) is 0 Å². The number of aliphatic carboxylic acids is 1. The molecular weight excluding hydrogens is 855 g/mol. The van der Waals surface area contributed by atoms with Crippen molar-refractivity contribution < 1.29 is 93.9 Å². The summed E-state index contributed by atoms with van der Waals surface area (Å²) in [5, 5.41) is 111. The molecule has 3 heterocycles. The lowest BCUT2D eigenvalue weighted by atomic mass is 9.88. The van der Waals surface area contributed by atoms with Crippen LogP contribution < -0.4 is 10.6 Å². The van der Waals surface area contributed by atoms with Gasteiger partial charge in [0.1, 0.15) is 73.1 Å². The molecule has 3 aliphatic rings. The van der Waals surface area contributed by atoms with Gasteiger partial charge in [-0.1, -0.05) is 64.8 Å². The van der Waals surface area contributed by atoms with Gasteiger partial charge < -0.3 is 90.1 Å². The Morgan fingerprint density at radius 3 is 2.14 bits per heavy atom. The highest BCUT2D eigenvalue weighted by molar-refractivity contribution is 7.99. The molecule has 16 atom stereocenters. The lowest BCUT2D eigenvalue weighted by molar-refractivity contribution is -0.379. The van der Waals surface area contributed by atoms with Gasteiger partial charge in [-0.3, -0.25) is 4.79 Å². The van der Waals surface area contributed by atoms with E-state index >= 15 is 0 Å². The molecule has 0 aliphatic carbocycles. The first kappa shape index (κ1) is 47.8. The molecule has 0 radical (unpaired) electrons. The number of rotatable bonds is 15. The Kier molecular flexibility index (Phi) is 17.2. The fourth-order valence-corrected chi connectivity index (χ4v) is 7.70. The molecule has 1 aromatic carbocycles. The number of carboxylic acid groups (broad SMARTS) is 1. The lowest BCUT2D eigenvalue weighted by Gasteiger charge is -2.51. The van der Waals surface area contributed by atoms with Crippen LogP contribution in [-0.2, 0) is 38.0 Å². The summed E-state index contributed by atoms with van der Waals surface area (Å²) in [6, 6.07) is 5.53.